The van der Waals surface area contributed by atoms with Gasteiger partial charge in [0.1, 0.15) is 5.75 Å². The van der Waals surface area contributed by atoms with Crippen molar-refractivity contribution in [2.45, 2.75) is 37.2 Å². The van der Waals surface area contributed by atoms with Crippen LogP contribution < -0.4 is 4.74 Å². The average molecular weight is 623 g/mol. The molecule has 2 bridgehead atoms. The van der Waals surface area contributed by atoms with E-state index in [9.17, 15) is 14.7 Å². The second-order valence-electron chi connectivity index (χ2n) is 12.9. The van der Waals surface area contributed by atoms with Gasteiger partial charge in [-0.1, -0.05) is 60.7 Å². The monoisotopic (exact) mass is 622 g/mol. The number of hydrogen-bond donors (Lipinski definition) is 1. The van der Waals surface area contributed by atoms with Crippen molar-refractivity contribution in [3.63, 3.8) is 0 Å². The zero-order valence-electron chi connectivity index (χ0n) is 26.1. The summed E-state index contributed by atoms with van der Waals surface area (Å²) >= 11 is 0. The maximum Gasteiger partial charge on any atom is 0.262 e. The maximum atomic E-state index is 14.6. The molecule has 0 saturated heterocycles. The van der Waals surface area contributed by atoms with E-state index in [0.717, 1.165) is 49.2 Å². The minimum Gasteiger partial charge on any atom is -0.497 e. The van der Waals surface area contributed by atoms with Crippen molar-refractivity contribution < 1.29 is 19.4 Å². The van der Waals surface area contributed by atoms with E-state index in [-0.39, 0.29) is 36.5 Å². The first-order chi connectivity index (χ1) is 23.0. The Balaban J connectivity index is 1.39. The van der Waals surface area contributed by atoms with Gasteiger partial charge in [-0.2, -0.15) is 0 Å². The topological polar surface area (TPSA) is 79.9 Å². The molecule has 1 aliphatic carbocycles. The van der Waals surface area contributed by atoms with Crippen molar-refractivity contribution in [1.29, 1.82) is 0 Å². The molecule has 6 aromatic rings. The Morgan fingerprint density at radius 2 is 1.34 bits per heavy atom. The number of imide groups is 1. The lowest BCUT2D eigenvalue weighted by atomic mass is 9.96. The van der Waals surface area contributed by atoms with E-state index in [2.05, 4.69) is 45.4 Å². The summed E-state index contributed by atoms with van der Waals surface area (Å²) in [5.74, 6) is 0.135. The molecule has 9 rings (SSSR count). The van der Waals surface area contributed by atoms with Crippen LogP contribution in [0.15, 0.2) is 98.1 Å². The third-order valence-electron chi connectivity index (χ3n) is 10.6. The number of nitrogens with zero attached hydrogens (tertiary/aromatic N) is 4. The van der Waals surface area contributed by atoms with Gasteiger partial charge in [0, 0.05) is 45.7 Å². The van der Waals surface area contributed by atoms with Gasteiger partial charge in [0.15, 0.2) is 0 Å². The molecule has 1 N–H and O–H groups in total. The van der Waals surface area contributed by atoms with E-state index < -0.39 is 6.10 Å². The zero-order chi connectivity index (χ0) is 32.1. The number of aliphatic hydroxyl groups is 1. The molecule has 8 nitrogen and oxygen atoms in total. The van der Waals surface area contributed by atoms with Crippen LogP contribution in [-0.4, -0.2) is 68.2 Å². The number of amides is 2. The lowest BCUT2D eigenvalue weighted by Crippen LogP contribution is -2.46. The number of carbonyl (C=O) groups is 2. The second-order valence-corrected chi connectivity index (χ2v) is 12.9. The molecule has 234 valence electrons. The molecule has 1 saturated carbocycles. The van der Waals surface area contributed by atoms with Crippen molar-refractivity contribution in [3.05, 3.63) is 115 Å². The van der Waals surface area contributed by atoms with Gasteiger partial charge in [0.05, 0.1) is 60.0 Å². The Labute approximate surface area is 271 Å². The van der Waals surface area contributed by atoms with Gasteiger partial charge in [0.25, 0.3) is 11.8 Å². The molecule has 4 heterocycles. The van der Waals surface area contributed by atoms with Gasteiger partial charge in [-0.25, -0.2) is 0 Å². The van der Waals surface area contributed by atoms with Crippen LogP contribution in [0.5, 0.6) is 5.75 Å². The molecule has 4 aromatic carbocycles. The van der Waals surface area contributed by atoms with Crippen LogP contribution in [0.25, 0.3) is 43.6 Å². The SMILES string of the molecule is C=CCN(CC=C)[C@@H]1[C@@H](O)[C@H]2C[C@@H]1n1c3ccccc3c3c4c(c5c6ccccc6n2c5c31)C(=O)N(Cc1ccc(OC)cc1)C4=O. The van der Waals surface area contributed by atoms with Crippen LogP contribution in [0.3, 0.4) is 0 Å². The summed E-state index contributed by atoms with van der Waals surface area (Å²) in [5.41, 5.74) is 5.56. The van der Waals surface area contributed by atoms with Crippen molar-refractivity contribution >= 4 is 55.4 Å². The molecular formula is C39H34N4O4. The Bertz CT molecular complexity index is 2320. The molecule has 2 aromatic heterocycles. The lowest BCUT2D eigenvalue weighted by Gasteiger charge is -2.36. The van der Waals surface area contributed by atoms with Gasteiger partial charge in [-0.3, -0.25) is 19.4 Å². The highest BCUT2D eigenvalue weighted by molar-refractivity contribution is 6.39. The van der Waals surface area contributed by atoms with Gasteiger partial charge >= 0.3 is 0 Å². The Hall–Kier alpha value is -5.18. The van der Waals surface area contributed by atoms with E-state index in [1.54, 1.807) is 7.11 Å². The van der Waals surface area contributed by atoms with Crippen LogP contribution in [0.1, 0.15) is 44.8 Å². The molecule has 0 radical (unpaired) electrons. The summed E-state index contributed by atoms with van der Waals surface area (Å²) < 4.78 is 9.97. The van der Waals surface area contributed by atoms with Gasteiger partial charge in [0.2, 0.25) is 0 Å². The fourth-order valence-corrected chi connectivity index (χ4v) is 8.89. The van der Waals surface area contributed by atoms with E-state index in [1.807, 2.05) is 66.7 Å². The number of para-hydroxylation sites is 2. The quantitative estimate of drug-likeness (QED) is 0.153. The summed E-state index contributed by atoms with van der Waals surface area (Å²) in [6.07, 6.45) is 3.76. The van der Waals surface area contributed by atoms with Crippen LogP contribution in [0.2, 0.25) is 0 Å². The molecule has 8 heteroatoms. The molecule has 2 amide bonds. The van der Waals surface area contributed by atoms with Crippen molar-refractivity contribution in [1.82, 2.24) is 18.9 Å². The second kappa shape index (κ2) is 10.2. The minimum absolute atomic E-state index is 0.0974. The summed E-state index contributed by atoms with van der Waals surface area (Å²) in [6.45, 7) is 9.38. The largest absolute Gasteiger partial charge is 0.497 e. The highest BCUT2D eigenvalue weighted by Crippen LogP contribution is 2.55. The first kappa shape index (κ1) is 28.1. The molecule has 0 spiro atoms. The molecule has 47 heavy (non-hydrogen) atoms. The number of benzene rings is 4. The highest BCUT2D eigenvalue weighted by atomic mass is 16.5. The predicted octanol–water partition coefficient (Wildman–Crippen LogP) is 6.61. The van der Waals surface area contributed by atoms with E-state index in [0.29, 0.717) is 36.4 Å². The first-order valence-corrected chi connectivity index (χ1v) is 16.1. The van der Waals surface area contributed by atoms with Gasteiger partial charge in [-0.05, 0) is 36.2 Å². The predicted molar refractivity (Wildman–Crippen MR) is 184 cm³/mol. The van der Waals surface area contributed by atoms with Crippen LogP contribution in [-0.2, 0) is 6.54 Å². The van der Waals surface area contributed by atoms with E-state index >= 15 is 0 Å². The van der Waals surface area contributed by atoms with Crippen molar-refractivity contribution in [3.8, 4) is 5.75 Å². The molecule has 4 atom stereocenters. The minimum atomic E-state index is -0.694. The van der Waals surface area contributed by atoms with E-state index in [4.69, 9.17) is 4.74 Å². The fourth-order valence-electron chi connectivity index (χ4n) is 8.89. The van der Waals surface area contributed by atoms with Crippen LogP contribution >= 0.6 is 0 Å². The summed E-state index contributed by atoms with van der Waals surface area (Å²) in [5, 5.41) is 15.7. The van der Waals surface area contributed by atoms with Crippen molar-refractivity contribution in [2.24, 2.45) is 0 Å². The van der Waals surface area contributed by atoms with Crippen LogP contribution in [0.4, 0.5) is 0 Å². The fraction of sp³-hybridized carbons (Fsp3) is 0.231. The third kappa shape index (κ3) is 3.59. The average Bonchev–Trinajstić information content (AvgIpc) is 3.75. The number of methoxy groups -OCH3 is 1. The summed E-state index contributed by atoms with van der Waals surface area (Å²) in [7, 11) is 1.61. The number of aliphatic hydroxyl groups excluding tert-OH is 1. The maximum absolute atomic E-state index is 14.6. The third-order valence-corrected chi connectivity index (χ3v) is 10.6. The first-order valence-electron chi connectivity index (χ1n) is 16.1. The molecular weight excluding hydrogens is 588 g/mol. The normalized spacial score (nSPS) is 21.6. The summed E-state index contributed by atoms with van der Waals surface area (Å²) in [6, 6.07) is 23.2. The molecule has 1 fully saturated rings. The van der Waals surface area contributed by atoms with Gasteiger partial charge in [-0.15, -0.1) is 13.2 Å². The standard InChI is InChI=1S/C39H34N4O4/c1-4-18-40(19-5-2)34-28-20-29(37(34)44)43-27-13-9-7-11-25(27)31-33-32(30-24-10-6-8-12-26(24)42(28)35(30)36(31)43)38(45)41(39(33)46)21-22-14-16-23(47-3)17-15-22/h4-17,28-29,34,37,44H,1-2,18-21H2,3H3/t28-,29+,34-,37-/m0/s1. The van der Waals surface area contributed by atoms with Crippen molar-refractivity contribution in [2.75, 3.05) is 20.2 Å². The number of carbonyl (C=O) groups excluding carboxylic acids is 2. The number of hydrogen-bond acceptors (Lipinski definition) is 5. The van der Waals surface area contributed by atoms with Gasteiger partial charge < -0.3 is 19.0 Å². The number of rotatable bonds is 8. The number of ether oxygens (including phenoxy) is 1. The number of aromatic nitrogens is 2. The molecule has 2 aliphatic heterocycles. The van der Waals surface area contributed by atoms with E-state index in [1.165, 1.54) is 4.90 Å². The Morgan fingerprint density at radius 1 is 0.809 bits per heavy atom. The Kier molecular flexibility index (Phi) is 6.07. The highest BCUT2D eigenvalue weighted by Gasteiger charge is 2.52. The molecule has 0 unspecified atom stereocenters. The Morgan fingerprint density at radius 3 is 1.87 bits per heavy atom. The number of fused-ring (bicyclic) bond motifs is 13. The smallest absolute Gasteiger partial charge is 0.262 e. The lowest BCUT2D eigenvalue weighted by molar-refractivity contribution is 0.0495. The summed E-state index contributed by atoms with van der Waals surface area (Å²) in [4.78, 5) is 32.9. The molecule has 3 aliphatic rings. The van der Waals surface area contributed by atoms with Crippen LogP contribution in [0, 0.1) is 0 Å². The zero-order valence-corrected chi connectivity index (χ0v) is 26.1.